The highest BCUT2D eigenvalue weighted by molar-refractivity contribution is 5.58. The minimum atomic E-state index is -0.297. The second kappa shape index (κ2) is 4.34. The Morgan fingerprint density at radius 3 is 3.20 bits per heavy atom. The van der Waals surface area contributed by atoms with Crippen LogP contribution in [-0.2, 0) is 11.2 Å². The molecule has 2 rings (SSSR count). The number of carbonyl (C=O) groups is 1. The van der Waals surface area contributed by atoms with Gasteiger partial charge in [-0.1, -0.05) is 6.07 Å². The Morgan fingerprint density at radius 2 is 2.47 bits per heavy atom. The van der Waals surface area contributed by atoms with E-state index < -0.39 is 0 Å². The number of hydrogen-bond acceptors (Lipinski definition) is 3. The van der Waals surface area contributed by atoms with Crippen molar-refractivity contribution >= 4 is 6.29 Å². The van der Waals surface area contributed by atoms with Crippen LogP contribution < -0.4 is 9.47 Å². The van der Waals surface area contributed by atoms with Gasteiger partial charge in [-0.15, -0.1) is 0 Å². The molecule has 3 heteroatoms. The van der Waals surface area contributed by atoms with Gasteiger partial charge in [-0.05, 0) is 31.4 Å². The predicted molar refractivity (Wildman–Crippen MR) is 56.4 cm³/mol. The Hall–Kier alpha value is -1.51. The average Bonchev–Trinajstić information content (AvgIpc) is 2.28. The molecule has 0 N–H and O–H groups in total. The topological polar surface area (TPSA) is 35.5 Å². The fraction of sp³-hybridized carbons (Fsp3) is 0.417. The van der Waals surface area contributed by atoms with Crippen LogP contribution >= 0.6 is 0 Å². The van der Waals surface area contributed by atoms with Gasteiger partial charge in [0.25, 0.3) is 0 Å². The Labute approximate surface area is 89.0 Å². The fourth-order valence-electron chi connectivity index (χ4n) is 1.72. The fourth-order valence-corrected chi connectivity index (χ4v) is 1.72. The summed E-state index contributed by atoms with van der Waals surface area (Å²) in [6, 6.07) is 5.79. The first-order chi connectivity index (χ1) is 7.33. The number of ether oxygens (including phenoxy) is 2. The zero-order valence-electron chi connectivity index (χ0n) is 8.73. The van der Waals surface area contributed by atoms with E-state index in [9.17, 15) is 4.79 Å². The van der Waals surface area contributed by atoms with Crippen molar-refractivity contribution in [2.75, 3.05) is 6.61 Å². The lowest BCUT2D eigenvalue weighted by molar-refractivity contribution is -0.114. The zero-order chi connectivity index (χ0) is 10.7. The summed E-state index contributed by atoms with van der Waals surface area (Å²) in [7, 11) is 0. The molecule has 0 radical (unpaired) electrons. The van der Waals surface area contributed by atoms with Crippen molar-refractivity contribution in [3.05, 3.63) is 23.8 Å². The van der Waals surface area contributed by atoms with E-state index in [4.69, 9.17) is 9.47 Å². The van der Waals surface area contributed by atoms with E-state index in [2.05, 4.69) is 0 Å². The quantitative estimate of drug-likeness (QED) is 0.709. The normalized spacial score (nSPS) is 18.9. The summed E-state index contributed by atoms with van der Waals surface area (Å²) < 4.78 is 10.9. The van der Waals surface area contributed by atoms with E-state index in [1.54, 1.807) is 0 Å². The first kappa shape index (κ1) is 10.0. The Bertz CT molecular complexity index is 360. The van der Waals surface area contributed by atoms with Crippen molar-refractivity contribution in [2.24, 2.45) is 0 Å². The molecule has 15 heavy (non-hydrogen) atoms. The van der Waals surface area contributed by atoms with Gasteiger partial charge in [0.05, 0.1) is 6.61 Å². The summed E-state index contributed by atoms with van der Waals surface area (Å²) >= 11 is 0. The molecule has 1 aromatic carbocycles. The van der Waals surface area contributed by atoms with Crippen LogP contribution in [0, 0.1) is 0 Å². The molecule has 0 saturated carbocycles. The maximum Gasteiger partial charge on any atom is 0.160 e. The van der Waals surface area contributed by atoms with Crippen molar-refractivity contribution in [3.8, 4) is 11.5 Å². The second-order valence-corrected chi connectivity index (χ2v) is 3.53. The van der Waals surface area contributed by atoms with Gasteiger partial charge in [0.2, 0.25) is 0 Å². The minimum Gasteiger partial charge on any atom is -0.494 e. The number of benzene rings is 1. The molecule has 1 unspecified atom stereocenters. The van der Waals surface area contributed by atoms with Crippen LogP contribution in [0.1, 0.15) is 18.9 Å². The highest BCUT2D eigenvalue weighted by Gasteiger charge is 2.19. The summed E-state index contributed by atoms with van der Waals surface area (Å²) in [6.07, 6.45) is 2.22. The number of aryl methyl sites for hydroxylation is 1. The summed E-state index contributed by atoms with van der Waals surface area (Å²) in [4.78, 5) is 10.6. The van der Waals surface area contributed by atoms with E-state index in [1.807, 2.05) is 25.1 Å². The maximum atomic E-state index is 10.6. The molecule has 0 fully saturated rings. The van der Waals surface area contributed by atoms with Crippen LogP contribution in [0.3, 0.4) is 0 Å². The number of rotatable bonds is 3. The van der Waals surface area contributed by atoms with Gasteiger partial charge in [-0.3, -0.25) is 4.79 Å². The molecule has 0 saturated heterocycles. The molecule has 0 aromatic heterocycles. The van der Waals surface area contributed by atoms with Crippen LogP contribution in [-0.4, -0.2) is 19.0 Å². The molecule has 0 amide bonds. The smallest absolute Gasteiger partial charge is 0.160 e. The molecular formula is C12H14O3. The third-order valence-corrected chi connectivity index (χ3v) is 2.48. The molecule has 1 atom stereocenters. The largest absolute Gasteiger partial charge is 0.494 e. The standard InChI is InChI=1S/C12H14O3/c1-2-14-10-5-3-9-4-6-11(8-13)15-12(9)7-10/h3,5,7-8,11H,2,4,6H2,1H3. The Morgan fingerprint density at radius 1 is 1.60 bits per heavy atom. The molecule has 3 nitrogen and oxygen atoms in total. The van der Waals surface area contributed by atoms with Crippen LogP contribution in [0.4, 0.5) is 0 Å². The highest BCUT2D eigenvalue weighted by atomic mass is 16.5. The number of fused-ring (bicyclic) bond motifs is 1. The van der Waals surface area contributed by atoms with Crippen LogP contribution in [0.25, 0.3) is 0 Å². The summed E-state index contributed by atoms with van der Waals surface area (Å²) in [5, 5.41) is 0. The van der Waals surface area contributed by atoms with Gasteiger partial charge in [-0.25, -0.2) is 0 Å². The Balaban J connectivity index is 2.22. The zero-order valence-corrected chi connectivity index (χ0v) is 8.73. The summed E-state index contributed by atoms with van der Waals surface area (Å²) in [6.45, 7) is 2.57. The number of hydrogen-bond donors (Lipinski definition) is 0. The van der Waals surface area contributed by atoms with Crippen molar-refractivity contribution in [1.82, 2.24) is 0 Å². The van der Waals surface area contributed by atoms with Gasteiger partial charge in [0.15, 0.2) is 12.4 Å². The average molecular weight is 206 g/mol. The SMILES string of the molecule is CCOc1ccc2c(c1)OC(C=O)CC2. The van der Waals surface area contributed by atoms with Gasteiger partial charge in [-0.2, -0.15) is 0 Å². The van der Waals surface area contributed by atoms with E-state index in [1.165, 1.54) is 0 Å². The van der Waals surface area contributed by atoms with Crippen LogP contribution in [0.5, 0.6) is 11.5 Å². The Kier molecular flexibility index (Phi) is 2.90. The second-order valence-electron chi connectivity index (χ2n) is 3.53. The lowest BCUT2D eigenvalue weighted by atomic mass is 10.0. The molecule has 1 heterocycles. The summed E-state index contributed by atoms with van der Waals surface area (Å²) in [5.74, 6) is 1.58. The molecule has 0 bridgehead atoms. The predicted octanol–water partition coefficient (Wildman–Crippen LogP) is 1.98. The van der Waals surface area contributed by atoms with Crippen molar-refractivity contribution < 1.29 is 14.3 Å². The van der Waals surface area contributed by atoms with Gasteiger partial charge in [0.1, 0.15) is 11.5 Å². The van der Waals surface area contributed by atoms with Crippen LogP contribution in [0.15, 0.2) is 18.2 Å². The maximum absolute atomic E-state index is 10.6. The first-order valence-electron chi connectivity index (χ1n) is 5.21. The molecular weight excluding hydrogens is 192 g/mol. The van der Waals surface area contributed by atoms with E-state index in [0.29, 0.717) is 6.61 Å². The van der Waals surface area contributed by atoms with E-state index >= 15 is 0 Å². The van der Waals surface area contributed by atoms with E-state index in [-0.39, 0.29) is 6.10 Å². The lowest BCUT2D eigenvalue weighted by Gasteiger charge is -2.22. The van der Waals surface area contributed by atoms with Crippen molar-refractivity contribution in [1.29, 1.82) is 0 Å². The highest BCUT2D eigenvalue weighted by Crippen LogP contribution is 2.30. The monoisotopic (exact) mass is 206 g/mol. The first-order valence-corrected chi connectivity index (χ1v) is 5.21. The van der Waals surface area contributed by atoms with Gasteiger partial charge in [0, 0.05) is 6.07 Å². The third-order valence-electron chi connectivity index (χ3n) is 2.48. The molecule has 80 valence electrons. The van der Waals surface area contributed by atoms with Crippen LogP contribution in [0.2, 0.25) is 0 Å². The van der Waals surface area contributed by atoms with Gasteiger partial charge >= 0.3 is 0 Å². The van der Waals surface area contributed by atoms with Gasteiger partial charge < -0.3 is 9.47 Å². The molecule has 1 aliphatic heterocycles. The van der Waals surface area contributed by atoms with Crippen molar-refractivity contribution in [2.45, 2.75) is 25.9 Å². The molecule has 0 aliphatic carbocycles. The molecule has 1 aromatic rings. The third kappa shape index (κ3) is 2.12. The van der Waals surface area contributed by atoms with Crippen molar-refractivity contribution in [3.63, 3.8) is 0 Å². The van der Waals surface area contributed by atoms with E-state index in [0.717, 1.165) is 36.2 Å². The minimum absolute atomic E-state index is 0.297. The number of aldehydes is 1. The number of carbonyl (C=O) groups excluding carboxylic acids is 1. The molecule has 0 spiro atoms. The summed E-state index contributed by atoms with van der Waals surface area (Å²) in [5.41, 5.74) is 1.15. The lowest BCUT2D eigenvalue weighted by Crippen LogP contribution is -2.23. The molecule has 1 aliphatic rings.